The highest BCUT2D eigenvalue weighted by Gasteiger charge is 2.25. The molecule has 8 heteroatoms. The lowest BCUT2D eigenvalue weighted by Crippen LogP contribution is -2.37. The number of halogens is 1. The van der Waals surface area contributed by atoms with Crippen LogP contribution in [-0.2, 0) is 20.9 Å². The molecule has 1 amide bonds. The number of fused-ring (bicyclic) bond motifs is 1. The van der Waals surface area contributed by atoms with Gasteiger partial charge in [-0.15, -0.1) is 0 Å². The Hall–Kier alpha value is -2.41. The van der Waals surface area contributed by atoms with Crippen molar-refractivity contribution in [1.29, 1.82) is 0 Å². The van der Waals surface area contributed by atoms with Gasteiger partial charge < -0.3 is 9.64 Å². The Kier molecular flexibility index (Phi) is 7.57. The van der Waals surface area contributed by atoms with Gasteiger partial charge in [-0.25, -0.2) is 4.98 Å². The van der Waals surface area contributed by atoms with Crippen molar-refractivity contribution < 1.29 is 14.3 Å². The van der Waals surface area contributed by atoms with Crippen LogP contribution in [0.15, 0.2) is 23.0 Å². The quantitative estimate of drug-likeness (QED) is 0.627. The van der Waals surface area contributed by atoms with Gasteiger partial charge in [-0.05, 0) is 45.9 Å². The fourth-order valence-electron chi connectivity index (χ4n) is 3.23. The van der Waals surface area contributed by atoms with E-state index in [0.717, 1.165) is 0 Å². The van der Waals surface area contributed by atoms with Gasteiger partial charge in [0.1, 0.15) is 5.82 Å². The van der Waals surface area contributed by atoms with E-state index in [1.54, 1.807) is 34.6 Å². The van der Waals surface area contributed by atoms with Gasteiger partial charge in [0.25, 0.3) is 5.56 Å². The predicted octanol–water partition coefficient (Wildman–Crippen LogP) is 3.32. The number of ether oxygens (including phenoxy) is 1. The molecule has 0 radical (unpaired) electrons. The van der Waals surface area contributed by atoms with Crippen LogP contribution < -0.4 is 5.56 Å². The molecule has 0 N–H and O–H groups in total. The number of carbonyl (C=O) groups is 2. The first-order valence-corrected chi connectivity index (χ1v) is 9.86. The third kappa shape index (κ3) is 4.70. The van der Waals surface area contributed by atoms with Gasteiger partial charge in [-0.2, -0.15) is 0 Å². The van der Waals surface area contributed by atoms with Gasteiger partial charge in [-0.3, -0.25) is 19.0 Å². The van der Waals surface area contributed by atoms with Crippen molar-refractivity contribution >= 4 is 34.4 Å². The Bertz CT molecular complexity index is 926. The number of esters is 1. The Morgan fingerprint density at radius 2 is 1.96 bits per heavy atom. The summed E-state index contributed by atoms with van der Waals surface area (Å²) in [6.07, 6.45) is 0.0734. The lowest BCUT2D eigenvalue weighted by Gasteiger charge is -2.29. The summed E-state index contributed by atoms with van der Waals surface area (Å²) in [5, 5.41) is 0.976. The van der Waals surface area contributed by atoms with Crippen molar-refractivity contribution in [2.45, 2.75) is 53.1 Å². The molecule has 1 unspecified atom stereocenters. The molecule has 0 saturated heterocycles. The van der Waals surface area contributed by atoms with Gasteiger partial charge in [-0.1, -0.05) is 11.6 Å². The monoisotopic (exact) mass is 407 g/mol. The maximum absolute atomic E-state index is 12.9. The largest absolute Gasteiger partial charge is 0.466 e. The van der Waals surface area contributed by atoms with Gasteiger partial charge in [0, 0.05) is 24.5 Å². The van der Waals surface area contributed by atoms with E-state index < -0.39 is 12.0 Å². The van der Waals surface area contributed by atoms with Crippen molar-refractivity contribution in [2.24, 2.45) is 0 Å². The lowest BCUT2D eigenvalue weighted by atomic mass is 10.1. The fraction of sp³-hybridized carbons (Fsp3) is 0.500. The molecule has 0 aliphatic heterocycles. The molecule has 2 aromatic rings. The van der Waals surface area contributed by atoms with E-state index in [2.05, 4.69) is 4.98 Å². The molecule has 7 nitrogen and oxygen atoms in total. The molecule has 152 valence electrons. The second-order valence-electron chi connectivity index (χ2n) is 6.34. The van der Waals surface area contributed by atoms with Crippen LogP contribution in [0.3, 0.4) is 0 Å². The predicted molar refractivity (Wildman–Crippen MR) is 108 cm³/mol. The summed E-state index contributed by atoms with van der Waals surface area (Å²) in [5.74, 6) is -0.0942. The van der Waals surface area contributed by atoms with Crippen molar-refractivity contribution in [2.75, 3.05) is 13.2 Å². The highest BCUT2D eigenvalue weighted by molar-refractivity contribution is 6.31. The van der Waals surface area contributed by atoms with Crippen LogP contribution in [0.5, 0.6) is 0 Å². The first kappa shape index (κ1) is 21.9. The Morgan fingerprint density at radius 1 is 1.25 bits per heavy atom. The molecule has 1 heterocycles. The molecule has 1 aromatic carbocycles. The second kappa shape index (κ2) is 9.68. The summed E-state index contributed by atoms with van der Waals surface area (Å²) in [7, 11) is 0. The zero-order chi connectivity index (χ0) is 20.8. The van der Waals surface area contributed by atoms with Crippen LogP contribution >= 0.6 is 11.6 Å². The van der Waals surface area contributed by atoms with E-state index in [0.29, 0.717) is 34.8 Å². The molecule has 0 bridgehead atoms. The van der Waals surface area contributed by atoms with Crippen LogP contribution in [0.1, 0.15) is 52.4 Å². The first-order valence-electron chi connectivity index (χ1n) is 9.49. The van der Waals surface area contributed by atoms with Crippen molar-refractivity contribution in [3.63, 3.8) is 0 Å². The minimum atomic E-state index is -0.435. The highest BCUT2D eigenvalue weighted by Crippen LogP contribution is 2.22. The maximum atomic E-state index is 12.9. The first-order chi connectivity index (χ1) is 13.3. The molecule has 1 atom stereocenters. The minimum absolute atomic E-state index is 0.0250. The van der Waals surface area contributed by atoms with E-state index in [-0.39, 0.29) is 30.9 Å². The summed E-state index contributed by atoms with van der Waals surface area (Å²) in [4.78, 5) is 43.4. The van der Waals surface area contributed by atoms with Gasteiger partial charge in [0.2, 0.25) is 5.91 Å². The van der Waals surface area contributed by atoms with Crippen LogP contribution in [0.2, 0.25) is 5.02 Å². The van der Waals surface area contributed by atoms with Gasteiger partial charge >= 0.3 is 5.97 Å². The number of hydrogen-bond acceptors (Lipinski definition) is 5. The summed E-state index contributed by atoms with van der Waals surface area (Å²) in [6, 6.07) is 4.53. The number of carbonyl (C=O) groups excluding carboxylic acids is 2. The van der Waals surface area contributed by atoms with Crippen LogP contribution in [0.4, 0.5) is 0 Å². The highest BCUT2D eigenvalue weighted by atomic mass is 35.5. The van der Waals surface area contributed by atoms with E-state index in [1.807, 2.05) is 20.8 Å². The van der Waals surface area contributed by atoms with Crippen LogP contribution in [0, 0.1) is 0 Å². The number of hydrogen-bond donors (Lipinski definition) is 0. The number of amides is 1. The van der Waals surface area contributed by atoms with Crippen molar-refractivity contribution in [3.8, 4) is 0 Å². The Morgan fingerprint density at radius 3 is 2.57 bits per heavy atom. The topological polar surface area (TPSA) is 81.5 Å². The average molecular weight is 408 g/mol. The maximum Gasteiger partial charge on any atom is 0.306 e. The zero-order valence-electron chi connectivity index (χ0n) is 16.7. The molecule has 0 fully saturated rings. The molecule has 2 rings (SSSR count). The molecule has 0 saturated carbocycles. The van der Waals surface area contributed by atoms with E-state index in [4.69, 9.17) is 16.3 Å². The number of aromatic nitrogens is 2. The van der Waals surface area contributed by atoms with Gasteiger partial charge in [0.05, 0.1) is 30.0 Å². The van der Waals surface area contributed by atoms with E-state index in [1.165, 1.54) is 0 Å². The molecule has 0 spiro atoms. The lowest BCUT2D eigenvalue weighted by molar-refractivity contribution is -0.146. The average Bonchev–Trinajstić information content (AvgIpc) is 2.66. The number of nitrogens with zero attached hydrogens (tertiary/aromatic N) is 3. The second-order valence-corrected chi connectivity index (χ2v) is 6.78. The molecule has 0 aliphatic carbocycles. The number of benzene rings is 1. The third-order valence-corrected chi connectivity index (χ3v) is 4.85. The van der Waals surface area contributed by atoms with E-state index in [9.17, 15) is 14.4 Å². The van der Waals surface area contributed by atoms with Crippen LogP contribution in [-0.4, -0.2) is 39.5 Å². The smallest absolute Gasteiger partial charge is 0.306 e. The van der Waals surface area contributed by atoms with E-state index >= 15 is 0 Å². The molecule has 0 aliphatic rings. The minimum Gasteiger partial charge on any atom is -0.466 e. The fourth-order valence-corrected chi connectivity index (χ4v) is 3.39. The number of rotatable bonds is 8. The summed E-state index contributed by atoms with van der Waals surface area (Å²) in [6.45, 7) is 8.41. The summed E-state index contributed by atoms with van der Waals surface area (Å²) in [5.41, 5.74) is 0.333. The normalized spacial score (nSPS) is 12.0. The SMILES string of the molecule is CCOC(=O)CCC(=O)N(CC)C(C)c1nc2cc(Cl)ccc2c(=O)n1CC. The van der Waals surface area contributed by atoms with Crippen molar-refractivity contribution in [3.05, 3.63) is 39.4 Å². The molecule has 1 aromatic heterocycles. The Labute approximate surface area is 169 Å². The molecule has 28 heavy (non-hydrogen) atoms. The van der Waals surface area contributed by atoms with Crippen molar-refractivity contribution in [1.82, 2.24) is 14.5 Å². The Balaban J connectivity index is 2.38. The van der Waals surface area contributed by atoms with Crippen LogP contribution in [0.25, 0.3) is 10.9 Å². The molecular weight excluding hydrogens is 382 g/mol. The summed E-state index contributed by atoms with van der Waals surface area (Å²) < 4.78 is 6.45. The zero-order valence-corrected chi connectivity index (χ0v) is 17.5. The van der Waals surface area contributed by atoms with Gasteiger partial charge in [0.15, 0.2) is 0 Å². The summed E-state index contributed by atoms with van der Waals surface area (Å²) >= 11 is 6.06. The third-order valence-electron chi connectivity index (χ3n) is 4.61. The standard InChI is InChI=1S/C20H26ClN3O4/c1-5-23(17(25)10-11-18(26)28-7-3)13(4)19-22-16-12-14(21)8-9-15(16)20(27)24(19)6-2/h8-9,12-13H,5-7,10-11H2,1-4H3. The molecular formula is C20H26ClN3O4.